The van der Waals surface area contributed by atoms with Gasteiger partial charge in [0.1, 0.15) is 0 Å². The van der Waals surface area contributed by atoms with Crippen molar-refractivity contribution >= 4 is 15.9 Å². The molecule has 1 unspecified atom stereocenters. The molecule has 1 aromatic carbocycles. The van der Waals surface area contributed by atoms with Crippen molar-refractivity contribution in [2.75, 3.05) is 0 Å². The second kappa shape index (κ2) is 5.06. The molecule has 0 aliphatic heterocycles. The Balaban J connectivity index is 2.80. The quantitative estimate of drug-likeness (QED) is 0.786. The maximum absolute atomic E-state index is 9.70. The van der Waals surface area contributed by atoms with Gasteiger partial charge in [-0.05, 0) is 18.6 Å². The van der Waals surface area contributed by atoms with Gasteiger partial charge in [-0.2, -0.15) is 0 Å². The van der Waals surface area contributed by atoms with Gasteiger partial charge in [0.15, 0.2) is 0 Å². The highest BCUT2D eigenvalue weighted by molar-refractivity contribution is 9.10. The smallest absolute Gasteiger partial charge is 0.0910 e. The molecule has 0 bridgehead atoms. The van der Waals surface area contributed by atoms with Crippen LogP contribution >= 0.6 is 15.9 Å². The highest BCUT2D eigenvalue weighted by Crippen LogP contribution is 2.24. The summed E-state index contributed by atoms with van der Waals surface area (Å²) in [5.74, 6) is 5.62. The van der Waals surface area contributed by atoms with Crippen LogP contribution in [0.15, 0.2) is 28.7 Å². The van der Waals surface area contributed by atoms with Crippen LogP contribution in [0.4, 0.5) is 0 Å². The molecule has 1 aromatic rings. The maximum atomic E-state index is 9.70. The van der Waals surface area contributed by atoms with Gasteiger partial charge in [0.2, 0.25) is 0 Å². The lowest BCUT2D eigenvalue weighted by Crippen LogP contribution is -1.96. The van der Waals surface area contributed by atoms with Crippen LogP contribution in [0.1, 0.15) is 25.0 Å². The van der Waals surface area contributed by atoms with E-state index in [0.717, 1.165) is 10.0 Å². The Morgan fingerprint density at radius 3 is 2.77 bits per heavy atom. The Morgan fingerprint density at radius 2 is 2.15 bits per heavy atom. The van der Waals surface area contributed by atoms with Crippen molar-refractivity contribution in [1.82, 2.24) is 0 Å². The average Bonchev–Trinajstić information content (AvgIpc) is 2.15. The molecular weight excluding hydrogens is 228 g/mol. The molecule has 0 aliphatic carbocycles. The molecule has 0 fully saturated rings. The van der Waals surface area contributed by atoms with E-state index in [0.29, 0.717) is 6.42 Å². The van der Waals surface area contributed by atoms with Gasteiger partial charge in [0.25, 0.3) is 0 Å². The number of rotatable bonds is 2. The van der Waals surface area contributed by atoms with Crippen LogP contribution in [0, 0.1) is 11.8 Å². The zero-order valence-corrected chi connectivity index (χ0v) is 9.01. The molecule has 0 spiro atoms. The van der Waals surface area contributed by atoms with E-state index in [2.05, 4.69) is 27.8 Å². The first-order chi connectivity index (χ1) is 6.25. The lowest BCUT2D eigenvalue weighted by molar-refractivity contribution is 0.183. The molecule has 1 nitrogen and oxygen atoms in total. The van der Waals surface area contributed by atoms with Gasteiger partial charge in [0.05, 0.1) is 6.10 Å². The van der Waals surface area contributed by atoms with Gasteiger partial charge < -0.3 is 5.11 Å². The number of hydrogen-bond donors (Lipinski definition) is 1. The molecule has 0 aliphatic rings. The fourth-order valence-corrected chi connectivity index (χ4v) is 1.60. The third kappa shape index (κ3) is 2.87. The largest absolute Gasteiger partial charge is 0.387 e. The molecule has 1 atom stereocenters. The van der Waals surface area contributed by atoms with Crippen molar-refractivity contribution in [3.05, 3.63) is 34.3 Å². The Hall–Kier alpha value is -0.780. The first kappa shape index (κ1) is 10.3. The lowest BCUT2D eigenvalue weighted by Gasteiger charge is -2.08. The Bertz CT molecular complexity index is 335. The summed E-state index contributed by atoms with van der Waals surface area (Å²) in [6.45, 7) is 1.77. The molecular formula is C11H11BrO. The van der Waals surface area contributed by atoms with Crippen LogP contribution in [-0.2, 0) is 0 Å². The second-order valence-electron chi connectivity index (χ2n) is 2.67. The summed E-state index contributed by atoms with van der Waals surface area (Å²) >= 11 is 3.38. The minimum Gasteiger partial charge on any atom is -0.387 e. The average molecular weight is 239 g/mol. The summed E-state index contributed by atoms with van der Waals surface area (Å²) in [4.78, 5) is 0. The number of aliphatic hydroxyl groups is 1. The summed E-state index contributed by atoms with van der Waals surface area (Å²) in [6, 6.07) is 7.64. The van der Waals surface area contributed by atoms with Crippen molar-refractivity contribution < 1.29 is 5.11 Å². The van der Waals surface area contributed by atoms with Crippen molar-refractivity contribution in [3.8, 4) is 11.8 Å². The van der Waals surface area contributed by atoms with Crippen molar-refractivity contribution in [3.63, 3.8) is 0 Å². The fourth-order valence-electron chi connectivity index (χ4n) is 1.05. The SMILES string of the molecule is CC#CCC(O)c1ccccc1Br. The molecule has 1 rings (SSSR count). The Kier molecular flexibility index (Phi) is 4.01. The van der Waals surface area contributed by atoms with E-state index in [1.54, 1.807) is 6.92 Å². The van der Waals surface area contributed by atoms with Crippen LogP contribution in [-0.4, -0.2) is 5.11 Å². The molecule has 0 amide bonds. The number of benzene rings is 1. The van der Waals surface area contributed by atoms with Gasteiger partial charge in [-0.1, -0.05) is 34.1 Å². The number of hydrogen-bond acceptors (Lipinski definition) is 1. The van der Waals surface area contributed by atoms with Crippen LogP contribution in [0.2, 0.25) is 0 Å². The molecule has 2 heteroatoms. The predicted octanol–water partition coefficient (Wildman–Crippen LogP) is 2.90. The summed E-state index contributed by atoms with van der Waals surface area (Å²) in [6.07, 6.45) is -0.0120. The minimum atomic E-state index is -0.497. The molecule has 0 saturated heterocycles. The second-order valence-corrected chi connectivity index (χ2v) is 3.52. The number of aliphatic hydroxyl groups excluding tert-OH is 1. The zero-order valence-electron chi connectivity index (χ0n) is 7.42. The molecule has 13 heavy (non-hydrogen) atoms. The first-order valence-electron chi connectivity index (χ1n) is 4.08. The molecule has 0 heterocycles. The molecule has 1 N–H and O–H groups in total. The fraction of sp³-hybridized carbons (Fsp3) is 0.273. The van der Waals surface area contributed by atoms with Crippen molar-refractivity contribution in [1.29, 1.82) is 0 Å². The van der Waals surface area contributed by atoms with Crippen molar-refractivity contribution in [2.45, 2.75) is 19.4 Å². The van der Waals surface area contributed by atoms with Gasteiger partial charge >= 0.3 is 0 Å². The van der Waals surface area contributed by atoms with Crippen LogP contribution in [0.5, 0.6) is 0 Å². The summed E-state index contributed by atoms with van der Waals surface area (Å²) < 4.78 is 0.931. The van der Waals surface area contributed by atoms with E-state index in [4.69, 9.17) is 0 Å². The van der Waals surface area contributed by atoms with Crippen LogP contribution < -0.4 is 0 Å². The molecule has 0 saturated carbocycles. The predicted molar refractivity (Wildman–Crippen MR) is 57.2 cm³/mol. The monoisotopic (exact) mass is 238 g/mol. The van der Waals surface area contributed by atoms with Gasteiger partial charge in [0, 0.05) is 10.9 Å². The third-order valence-electron chi connectivity index (χ3n) is 1.74. The highest BCUT2D eigenvalue weighted by atomic mass is 79.9. The van der Waals surface area contributed by atoms with E-state index in [1.807, 2.05) is 24.3 Å². The van der Waals surface area contributed by atoms with Gasteiger partial charge in [-0.25, -0.2) is 0 Å². The third-order valence-corrected chi connectivity index (χ3v) is 2.46. The van der Waals surface area contributed by atoms with E-state index in [1.165, 1.54) is 0 Å². The lowest BCUT2D eigenvalue weighted by atomic mass is 10.1. The minimum absolute atomic E-state index is 0.485. The zero-order chi connectivity index (χ0) is 9.68. The summed E-state index contributed by atoms with van der Waals surface area (Å²) in [5, 5.41) is 9.70. The topological polar surface area (TPSA) is 20.2 Å². The van der Waals surface area contributed by atoms with E-state index >= 15 is 0 Å². The van der Waals surface area contributed by atoms with E-state index in [9.17, 15) is 5.11 Å². The maximum Gasteiger partial charge on any atom is 0.0910 e. The first-order valence-corrected chi connectivity index (χ1v) is 4.87. The highest BCUT2D eigenvalue weighted by Gasteiger charge is 2.08. The Morgan fingerprint density at radius 1 is 1.46 bits per heavy atom. The molecule has 0 aromatic heterocycles. The van der Waals surface area contributed by atoms with Gasteiger partial charge in [-0.3, -0.25) is 0 Å². The standard InChI is InChI=1S/C11H11BrO/c1-2-3-8-11(13)9-6-4-5-7-10(9)12/h4-7,11,13H,8H2,1H3. The molecule has 0 radical (unpaired) electrons. The molecule has 68 valence electrons. The summed E-state index contributed by atoms with van der Waals surface area (Å²) in [5.41, 5.74) is 0.894. The van der Waals surface area contributed by atoms with Gasteiger partial charge in [-0.15, -0.1) is 11.8 Å². The van der Waals surface area contributed by atoms with E-state index < -0.39 is 6.10 Å². The van der Waals surface area contributed by atoms with Crippen molar-refractivity contribution in [2.24, 2.45) is 0 Å². The number of halogens is 1. The normalized spacial score (nSPS) is 11.6. The Labute approximate surface area is 86.9 Å². The van der Waals surface area contributed by atoms with E-state index in [-0.39, 0.29) is 0 Å². The van der Waals surface area contributed by atoms with Crippen LogP contribution in [0.25, 0.3) is 0 Å². The van der Waals surface area contributed by atoms with Crippen LogP contribution in [0.3, 0.4) is 0 Å². The summed E-state index contributed by atoms with van der Waals surface area (Å²) in [7, 11) is 0.